The zero-order valence-corrected chi connectivity index (χ0v) is 14.2. The first kappa shape index (κ1) is 18.5. The molecule has 134 valence electrons. The fraction of sp³-hybridized carbons (Fsp3) is 0.467. The number of alkyl halides is 3. The largest absolute Gasteiger partial charge is 0.421 e. The first-order valence-electron chi connectivity index (χ1n) is 7.40. The van der Waals surface area contributed by atoms with Crippen molar-refractivity contribution < 1.29 is 13.2 Å². The van der Waals surface area contributed by atoms with Gasteiger partial charge in [-0.2, -0.15) is 28.5 Å². The minimum Gasteiger partial charge on any atom is -0.372 e. The zero-order valence-electron chi connectivity index (χ0n) is 14.2. The highest BCUT2D eigenvalue weighted by Gasteiger charge is 2.35. The van der Waals surface area contributed by atoms with Crippen LogP contribution in [0.5, 0.6) is 0 Å². The summed E-state index contributed by atoms with van der Waals surface area (Å²) in [5.74, 6) is -0.305. The monoisotopic (exact) mass is 353 g/mol. The molecular weight excluding hydrogens is 335 g/mol. The van der Waals surface area contributed by atoms with Crippen molar-refractivity contribution in [2.24, 2.45) is 5.41 Å². The third-order valence-corrected chi connectivity index (χ3v) is 3.38. The molecule has 2 N–H and O–H groups in total. The number of anilines is 3. The van der Waals surface area contributed by atoms with Crippen LogP contribution in [-0.4, -0.2) is 26.8 Å². The van der Waals surface area contributed by atoms with E-state index in [4.69, 9.17) is 5.26 Å². The van der Waals surface area contributed by atoms with Gasteiger partial charge in [-0.1, -0.05) is 0 Å². The Hall–Kier alpha value is -2.83. The lowest BCUT2D eigenvalue weighted by atomic mass is 9.96. The molecule has 0 radical (unpaired) electrons. The molecule has 0 aliphatic carbocycles. The first-order chi connectivity index (χ1) is 11.6. The fourth-order valence-electron chi connectivity index (χ4n) is 2.12. The topological polar surface area (TPSA) is 91.5 Å². The Morgan fingerprint density at radius 2 is 2.00 bits per heavy atom. The van der Waals surface area contributed by atoms with Gasteiger partial charge in [0.25, 0.3) is 0 Å². The van der Waals surface area contributed by atoms with Crippen molar-refractivity contribution in [3.05, 3.63) is 23.7 Å². The standard InChI is InChI=1S/C15H18F3N7/c1-9-11(6-25(24-9)8-14(2,3)7-19)22-13-21-5-10(15(16,17)18)12(20-4)23-13/h5-6H,8H2,1-4H3,(H2,20,21,22,23). The van der Waals surface area contributed by atoms with Crippen LogP contribution in [0.3, 0.4) is 0 Å². The van der Waals surface area contributed by atoms with Crippen LogP contribution in [0.4, 0.5) is 30.6 Å². The fourth-order valence-corrected chi connectivity index (χ4v) is 2.12. The summed E-state index contributed by atoms with van der Waals surface area (Å²) in [5, 5.41) is 18.7. The van der Waals surface area contributed by atoms with E-state index < -0.39 is 17.2 Å². The third-order valence-electron chi connectivity index (χ3n) is 3.38. The van der Waals surface area contributed by atoms with E-state index >= 15 is 0 Å². The quantitative estimate of drug-likeness (QED) is 0.857. The van der Waals surface area contributed by atoms with Crippen LogP contribution in [0.1, 0.15) is 25.1 Å². The third kappa shape index (κ3) is 4.37. The summed E-state index contributed by atoms with van der Waals surface area (Å²) in [6.45, 7) is 5.69. The maximum absolute atomic E-state index is 12.9. The van der Waals surface area contributed by atoms with Gasteiger partial charge in [0.1, 0.15) is 11.4 Å². The number of halogens is 3. The Kier molecular flexibility index (Phi) is 4.87. The molecular formula is C15H18F3N7. The molecule has 0 unspecified atom stereocenters. The summed E-state index contributed by atoms with van der Waals surface area (Å²) in [6.07, 6.45) is -2.16. The van der Waals surface area contributed by atoms with Crippen LogP contribution in [0.25, 0.3) is 0 Å². The van der Waals surface area contributed by atoms with Crippen LogP contribution in [0, 0.1) is 23.7 Å². The second-order valence-corrected chi connectivity index (χ2v) is 6.15. The molecule has 0 amide bonds. The van der Waals surface area contributed by atoms with Gasteiger partial charge in [0.15, 0.2) is 0 Å². The van der Waals surface area contributed by atoms with Gasteiger partial charge in [0.05, 0.1) is 29.4 Å². The number of nitriles is 1. The average molecular weight is 353 g/mol. The Bertz CT molecular complexity index is 802. The molecule has 0 spiro atoms. The maximum Gasteiger partial charge on any atom is 0.421 e. The van der Waals surface area contributed by atoms with Crippen LogP contribution >= 0.6 is 0 Å². The highest BCUT2D eigenvalue weighted by Crippen LogP contribution is 2.34. The van der Waals surface area contributed by atoms with Crippen molar-refractivity contribution in [2.45, 2.75) is 33.5 Å². The molecule has 0 bridgehead atoms. The summed E-state index contributed by atoms with van der Waals surface area (Å²) in [7, 11) is 1.36. The van der Waals surface area contributed by atoms with Crippen molar-refractivity contribution in [1.29, 1.82) is 5.26 Å². The summed E-state index contributed by atoms with van der Waals surface area (Å²) < 4.78 is 40.2. The lowest BCUT2D eigenvalue weighted by Crippen LogP contribution is -2.17. The molecule has 2 aromatic heterocycles. The number of hydrogen-bond donors (Lipinski definition) is 2. The molecule has 0 aromatic carbocycles. The van der Waals surface area contributed by atoms with Crippen molar-refractivity contribution in [3.63, 3.8) is 0 Å². The van der Waals surface area contributed by atoms with Crippen molar-refractivity contribution in [1.82, 2.24) is 19.7 Å². The summed E-state index contributed by atoms with van der Waals surface area (Å²) in [4.78, 5) is 7.57. The first-order valence-corrected chi connectivity index (χ1v) is 7.40. The number of nitrogens with zero attached hydrogens (tertiary/aromatic N) is 5. The Morgan fingerprint density at radius 3 is 2.56 bits per heavy atom. The molecule has 0 atom stereocenters. The molecule has 25 heavy (non-hydrogen) atoms. The van der Waals surface area contributed by atoms with E-state index in [0.717, 1.165) is 6.20 Å². The van der Waals surface area contributed by atoms with Crippen molar-refractivity contribution >= 4 is 17.5 Å². The molecule has 7 nitrogen and oxygen atoms in total. The molecule has 0 fully saturated rings. The van der Waals surface area contributed by atoms with Gasteiger partial charge in [0.2, 0.25) is 5.95 Å². The van der Waals surface area contributed by atoms with Gasteiger partial charge in [-0.05, 0) is 20.8 Å². The number of aromatic nitrogens is 4. The van der Waals surface area contributed by atoms with E-state index in [9.17, 15) is 13.2 Å². The molecule has 2 heterocycles. The van der Waals surface area contributed by atoms with E-state index in [2.05, 4.69) is 31.8 Å². The Morgan fingerprint density at radius 1 is 1.32 bits per heavy atom. The highest BCUT2D eigenvalue weighted by molar-refractivity contribution is 5.57. The second-order valence-electron chi connectivity index (χ2n) is 6.15. The number of rotatable bonds is 5. The van der Waals surface area contributed by atoms with E-state index in [-0.39, 0.29) is 11.8 Å². The van der Waals surface area contributed by atoms with Crippen LogP contribution in [0.2, 0.25) is 0 Å². The maximum atomic E-state index is 12.9. The van der Waals surface area contributed by atoms with Gasteiger partial charge in [0, 0.05) is 19.4 Å². The van der Waals surface area contributed by atoms with Gasteiger partial charge in [-0.3, -0.25) is 4.68 Å². The van der Waals surface area contributed by atoms with Crippen molar-refractivity contribution in [2.75, 3.05) is 17.7 Å². The van der Waals surface area contributed by atoms with E-state index in [1.54, 1.807) is 31.6 Å². The van der Waals surface area contributed by atoms with E-state index in [1.807, 2.05) is 0 Å². The average Bonchev–Trinajstić information content (AvgIpc) is 2.84. The molecule has 0 aliphatic rings. The zero-order chi connectivity index (χ0) is 18.8. The Balaban J connectivity index is 2.26. The lowest BCUT2D eigenvalue weighted by Gasteiger charge is -2.14. The molecule has 10 heteroatoms. The molecule has 2 aromatic rings. The predicted octanol–water partition coefficient (Wildman–Crippen LogP) is 3.34. The lowest BCUT2D eigenvalue weighted by molar-refractivity contribution is -0.137. The summed E-state index contributed by atoms with van der Waals surface area (Å²) in [6, 6.07) is 2.18. The van der Waals surface area contributed by atoms with Gasteiger partial charge >= 0.3 is 6.18 Å². The van der Waals surface area contributed by atoms with Gasteiger partial charge < -0.3 is 10.6 Å². The van der Waals surface area contributed by atoms with Crippen molar-refractivity contribution in [3.8, 4) is 6.07 Å². The number of nitrogens with one attached hydrogen (secondary N) is 2. The molecule has 0 aliphatic heterocycles. The van der Waals surface area contributed by atoms with E-state index in [1.165, 1.54) is 7.05 Å². The van der Waals surface area contributed by atoms with Crippen LogP contribution < -0.4 is 10.6 Å². The number of aryl methyl sites for hydroxylation is 1. The van der Waals surface area contributed by atoms with Gasteiger partial charge in [-0.15, -0.1) is 0 Å². The summed E-state index contributed by atoms with van der Waals surface area (Å²) >= 11 is 0. The SMILES string of the molecule is CNc1nc(Nc2cn(CC(C)(C)C#N)nc2C)ncc1C(F)(F)F. The minimum atomic E-state index is -4.54. The predicted molar refractivity (Wildman–Crippen MR) is 86.2 cm³/mol. The highest BCUT2D eigenvalue weighted by atomic mass is 19.4. The minimum absolute atomic E-state index is 0.0135. The normalized spacial score (nSPS) is 11.9. The van der Waals surface area contributed by atoms with Crippen LogP contribution in [-0.2, 0) is 12.7 Å². The summed E-state index contributed by atoms with van der Waals surface area (Å²) in [5.41, 5.74) is -0.373. The Labute approximate surface area is 142 Å². The second kappa shape index (κ2) is 6.58. The van der Waals surface area contributed by atoms with Crippen LogP contribution in [0.15, 0.2) is 12.4 Å². The smallest absolute Gasteiger partial charge is 0.372 e. The van der Waals surface area contributed by atoms with E-state index in [0.29, 0.717) is 17.9 Å². The molecule has 2 rings (SSSR count). The molecule has 0 saturated heterocycles. The van der Waals surface area contributed by atoms with Gasteiger partial charge in [-0.25, -0.2) is 4.98 Å². The molecule has 0 saturated carbocycles. The number of hydrogen-bond acceptors (Lipinski definition) is 6.